The maximum Gasteiger partial charge on any atom is 0.278 e. The van der Waals surface area contributed by atoms with Crippen molar-refractivity contribution >= 4 is 11.2 Å². The van der Waals surface area contributed by atoms with E-state index in [1.807, 2.05) is 54.6 Å². The van der Waals surface area contributed by atoms with Crippen molar-refractivity contribution in [2.75, 3.05) is 6.61 Å². The summed E-state index contributed by atoms with van der Waals surface area (Å²) in [5.74, 6) is 0. The second-order valence-corrected chi connectivity index (χ2v) is 9.08. The second-order valence-electron chi connectivity index (χ2n) is 9.08. The number of fused-ring (bicyclic) bond motifs is 1. The van der Waals surface area contributed by atoms with Crippen LogP contribution < -0.4 is 5.56 Å². The standard InChI is InChI=1S/C29H26N4O4/c34-23-16-25(33-19-32-26-27(33)30-18-31-28(26)35)37-24(23)17-36-29(20-10-4-1-5-11-20,21-12-6-2-7-13-21)22-14-8-3-9-15-22/h1-15,18-19,23-25,34H,16-17H2,(H,30,31,35)/t23-,24+,25+/m0/s1. The van der Waals surface area contributed by atoms with Crippen molar-refractivity contribution in [3.63, 3.8) is 0 Å². The monoisotopic (exact) mass is 494 g/mol. The van der Waals surface area contributed by atoms with Gasteiger partial charge in [-0.1, -0.05) is 91.0 Å². The van der Waals surface area contributed by atoms with E-state index in [1.54, 1.807) is 4.57 Å². The molecule has 0 aliphatic carbocycles. The predicted octanol–water partition coefficient (Wildman–Crippen LogP) is 3.78. The fourth-order valence-corrected chi connectivity index (χ4v) is 5.09. The van der Waals surface area contributed by atoms with E-state index in [2.05, 4.69) is 51.4 Å². The van der Waals surface area contributed by atoms with Crippen LogP contribution in [0.4, 0.5) is 0 Å². The number of aliphatic hydroxyl groups is 1. The van der Waals surface area contributed by atoms with Crippen molar-refractivity contribution in [3.8, 4) is 0 Å². The van der Waals surface area contributed by atoms with E-state index in [-0.39, 0.29) is 17.7 Å². The number of aromatic amines is 1. The molecule has 0 unspecified atom stereocenters. The van der Waals surface area contributed by atoms with E-state index in [0.717, 1.165) is 16.7 Å². The van der Waals surface area contributed by atoms with Crippen molar-refractivity contribution in [2.45, 2.75) is 30.5 Å². The third kappa shape index (κ3) is 4.15. The van der Waals surface area contributed by atoms with Crippen LogP contribution in [-0.4, -0.2) is 43.4 Å². The van der Waals surface area contributed by atoms with Crippen molar-refractivity contribution in [3.05, 3.63) is 131 Å². The third-order valence-electron chi connectivity index (χ3n) is 6.88. The minimum atomic E-state index is -0.915. The van der Waals surface area contributed by atoms with Gasteiger partial charge in [0.25, 0.3) is 5.56 Å². The number of hydrogen-bond acceptors (Lipinski definition) is 6. The number of nitrogens with zero attached hydrogens (tertiary/aromatic N) is 3. The molecule has 3 aromatic carbocycles. The molecule has 0 saturated carbocycles. The molecule has 186 valence electrons. The molecule has 1 saturated heterocycles. The fraction of sp³-hybridized carbons (Fsp3) is 0.207. The van der Waals surface area contributed by atoms with Gasteiger partial charge in [0.15, 0.2) is 11.2 Å². The molecule has 1 fully saturated rings. The van der Waals surface area contributed by atoms with Crippen LogP contribution in [0.5, 0.6) is 0 Å². The average molecular weight is 495 g/mol. The van der Waals surface area contributed by atoms with E-state index in [9.17, 15) is 9.90 Å². The van der Waals surface area contributed by atoms with Crippen molar-refractivity contribution < 1.29 is 14.6 Å². The molecule has 37 heavy (non-hydrogen) atoms. The number of imidazole rings is 1. The first-order valence-corrected chi connectivity index (χ1v) is 12.2. The Hall–Kier alpha value is -4.11. The SMILES string of the molecule is O=c1[nH]cnc2c1ncn2[C@H]1C[C@H](O)[C@@H](COC(c2ccccc2)(c2ccccc2)c2ccccc2)O1. The quantitative estimate of drug-likeness (QED) is 0.334. The van der Waals surface area contributed by atoms with Crippen molar-refractivity contribution in [2.24, 2.45) is 0 Å². The Balaban J connectivity index is 1.35. The van der Waals surface area contributed by atoms with E-state index >= 15 is 0 Å². The van der Waals surface area contributed by atoms with E-state index < -0.39 is 24.0 Å². The smallest absolute Gasteiger partial charge is 0.278 e. The van der Waals surface area contributed by atoms with Gasteiger partial charge in [-0.15, -0.1) is 0 Å². The Morgan fingerprint density at radius 3 is 2.05 bits per heavy atom. The molecule has 8 nitrogen and oxygen atoms in total. The molecular formula is C29H26N4O4. The number of nitrogens with one attached hydrogen (secondary N) is 1. The summed E-state index contributed by atoms with van der Waals surface area (Å²) in [6.45, 7) is 0.136. The lowest BCUT2D eigenvalue weighted by atomic mass is 9.80. The van der Waals surface area contributed by atoms with Crippen molar-refractivity contribution in [1.29, 1.82) is 0 Å². The molecule has 6 rings (SSSR count). The number of ether oxygens (including phenoxy) is 2. The minimum Gasteiger partial charge on any atom is -0.390 e. The molecule has 1 aliphatic heterocycles. The molecular weight excluding hydrogens is 468 g/mol. The van der Waals surface area contributed by atoms with Gasteiger partial charge in [0.05, 0.1) is 25.4 Å². The van der Waals surface area contributed by atoms with Gasteiger partial charge in [-0.05, 0) is 16.7 Å². The molecule has 0 bridgehead atoms. The molecule has 2 aromatic heterocycles. The fourth-order valence-electron chi connectivity index (χ4n) is 5.09. The maximum absolute atomic E-state index is 12.1. The largest absolute Gasteiger partial charge is 0.390 e. The first-order chi connectivity index (χ1) is 18.2. The Bertz CT molecular complexity index is 1440. The highest BCUT2D eigenvalue weighted by Crippen LogP contribution is 2.41. The predicted molar refractivity (Wildman–Crippen MR) is 138 cm³/mol. The van der Waals surface area contributed by atoms with Crippen LogP contribution in [0.15, 0.2) is 108 Å². The highest BCUT2D eigenvalue weighted by molar-refractivity contribution is 5.68. The zero-order valence-electron chi connectivity index (χ0n) is 20.0. The number of H-pyrrole nitrogens is 1. The van der Waals surface area contributed by atoms with Crippen LogP contribution in [0, 0.1) is 0 Å². The van der Waals surface area contributed by atoms with Gasteiger partial charge in [0.1, 0.15) is 17.9 Å². The van der Waals surface area contributed by atoms with Crippen LogP contribution in [0.2, 0.25) is 0 Å². The molecule has 0 spiro atoms. The van der Waals surface area contributed by atoms with Crippen LogP contribution in [0.1, 0.15) is 29.3 Å². The zero-order chi connectivity index (χ0) is 25.2. The van der Waals surface area contributed by atoms with Crippen LogP contribution in [-0.2, 0) is 15.1 Å². The number of aromatic nitrogens is 4. The highest BCUT2D eigenvalue weighted by Gasteiger charge is 2.42. The Kier molecular flexibility index (Phi) is 6.13. The van der Waals surface area contributed by atoms with E-state index in [0.29, 0.717) is 12.1 Å². The Morgan fingerprint density at radius 1 is 0.919 bits per heavy atom. The van der Waals surface area contributed by atoms with E-state index in [1.165, 1.54) is 12.7 Å². The normalized spacial score (nSPS) is 19.9. The second kappa shape index (κ2) is 9.74. The molecule has 0 amide bonds. The summed E-state index contributed by atoms with van der Waals surface area (Å²) in [6, 6.07) is 30.2. The van der Waals surface area contributed by atoms with E-state index in [4.69, 9.17) is 9.47 Å². The summed E-state index contributed by atoms with van der Waals surface area (Å²) in [7, 11) is 0. The summed E-state index contributed by atoms with van der Waals surface area (Å²) >= 11 is 0. The molecule has 3 atom stereocenters. The van der Waals surface area contributed by atoms with Crippen LogP contribution >= 0.6 is 0 Å². The zero-order valence-corrected chi connectivity index (χ0v) is 20.0. The summed E-state index contributed by atoms with van der Waals surface area (Å²) in [6.07, 6.45) is 1.29. The van der Waals surface area contributed by atoms with Gasteiger partial charge in [-0.2, -0.15) is 0 Å². The Morgan fingerprint density at radius 2 is 1.49 bits per heavy atom. The van der Waals surface area contributed by atoms with Gasteiger partial charge < -0.3 is 19.6 Å². The van der Waals surface area contributed by atoms with Crippen molar-refractivity contribution in [1.82, 2.24) is 19.5 Å². The molecule has 1 aliphatic rings. The summed E-state index contributed by atoms with van der Waals surface area (Å²) in [5, 5.41) is 11.0. The van der Waals surface area contributed by atoms with Gasteiger partial charge >= 0.3 is 0 Å². The van der Waals surface area contributed by atoms with Crippen LogP contribution in [0.25, 0.3) is 11.2 Å². The summed E-state index contributed by atoms with van der Waals surface area (Å²) in [5.41, 5.74) is 2.33. The molecule has 5 aromatic rings. The molecule has 2 N–H and O–H groups in total. The van der Waals surface area contributed by atoms with Crippen LogP contribution in [0.3, 0.4) is 0 Å². The molecule has 8 heteroatoms. The minimum absolute atomic E-state index is 0.136. The van der Waals surface area contributed by atoms with Gasteiger partial charge in [-0.3, -0.25) is 9.36 Å². The first-order valence-electron chi connectivity index (χ1n) is 12.2. The number of aliphatic hydroxyl groups excluding tert-OH is 1. The van der Waals surface area contributed by atoms with Gasteiger partial charge in [0, 0.05) is 6.42 Å². The molecule has 3 heterocycles. The lowest BCUT2D eigenvalue weighted by Gasteiger charge is -2.37. The lowest BCUT2D eigenvalue weighted by Crippen LogP contribution is -2.38. The highest BCUT2D eigenvalue weighted by atomic mass is 16.6. The third-order valence-corrected chi connectivity index (χ3v) is 6.88. The molecule has 0 radical (unpaired) electrons. The summed E-state index contributed by atoms with van der Waals surface area (Å²) in [4.78, 5) is 23.0. The number of hydrogen-bond donors (Lipinski definition) is 2. The average Bonchev–Trinajstić information content (AvgIpc) is 3.55. The van der Waals surface area contributed by atoms with Gasteiger partial charge in [0.2, 0.25) is 0 Å². The lowest BCUT2D eigenvalue weighted by molar-refractivity contribution is -0.0930. The summed E-state index contributed by atoms with van der Waals surface area (Å²) < 4.78 is 14.8. The Labute approximate surface area is 213 Å². The topological polar surface area (TPSA) is 102 Å². The van der Waals surface area contributed by atoms with Gasteiger partial charge in [-0.25, -0.2) is 9.97 Å². The first kappa shape index (κ1) is 23.3. The number of rotatable bonds is 7. The number of benzene rings is 3. The maximum atomic E-state index is 12.1.